The second-order valence-corrected chi connectivity index (χ2v) is 6.56. The number of carboxylic acids is 1. The van der Waals surface area contributed by atoms with Gasteiger partial charge in [0.05, 0.1) is 19.3 Å². The number of hydrogen-bond donors (Lipinski definition) is 3. The standard InChI is InChI=1S/C18H23N5O4/c1-12(2)8-14(18(26)27)20-16(24)9-19-17(25)15-11-23(22-21-15)10-13-6-4-3-5-7-13/h3-7,11-12,14H,8-10H2,1-2H3,(H,19,25)(H,20,24)(H,26,27)/t14-/m0/s1. The maximum absolute atomic E-state index is 12.1. The zero-order valence-corrected chi connectivity index (χ0v) is 15.3. The van der Waals surface area contributed by atoms with Crippen LogP contribution in [0.25, 0.3) is 0 Å². The predicted octanol–water partition coefficient (Wildman–Crippen LogP) is 0.672. The predicted molar refractivity (Wildman–Crippen MR) is 96.9 cm³/mol. The van der Waals surface area contributed by atoms with Gasteiger partial charge in [-0.15, -0.1) is 5.10 Å². The van der Waals surface area contributed by atoms with E-state index in [0.717, 1.165) is 5.56 Å². The number of nitrogens with one attached hydrogen (secondary N) is 2. The number of carbonyl (C=O) groups excluding carboxylic acids is 2. The number of aliphatic carboxylic acids is 1. The molecule has 1 aromatic heterocycles. The Balaban J connectivity index is 1.84. The van der Waals surface area contributed by atoms with Gasteiger partial charge in [-0.25, -0.2) is 9.48 Å². The molecule has 0 fully saturated rings. The summed E-state index contributed by atoms with van der Waals surface area (Å²) in [6.45, 7) is 3.86. The fourth-order valence-electron chi connectivity index (χ4n) is 2.44. The van der Waals surface area contributed by atoms with Crippen LogP contribution in [0.2, 0.25) is 0 Å². The molecule has 2 rings (SSSR count). The fraction of sp³-hybridized carbons (Fsp3) is 0.389. The summed E-state index contributed by atoms with van der Waals surface area (Å²) < 4.78 is 1.52. The topological polar surface area (TPSA) is 126 Å². The molecule has 0 spiro atoms. The van der Waals surface area contributed by atoms with E-state index in [4.69, 9.17) is 5.11 Å². The molecule has 0 saturated heterocycles. The summed E-state index contributed by atoms with van der Waals surface area (Å²) in [5.41, 5.74) is 1.09. The van der Waals surface area contributed by atoms with Crippen molar-refractivity contribution in [1.29, 1.82) is 0 Å². The first-order valence-corrected chi connectivity index (χ1v) is 8.59. The highest BCUT2D eigenvalue weighted by atomic mass is 16.4. The quantitative estimate of drug-likeness (QED) is 0.593. The van der Waals surface area contributed by atoms with Gasteiger partial charge in [0.2, 0.25) is 5.91 Å². The number of benzene rings is 1. The molecule has 3 N–H and O–H groups in total. The van der Waals surface area contributed by atoms with E-state index < -0.39 is 23.8 Å². The number of amides is 2. The Labute approximate surface area is 156 Å². The average Bonchev–Trinajstić information content (AvgIpc) is 3.08. The number of hydrogen-bond acceptors (Lipinski definition) is 5. The van der Waals surface area contributed by atoms with Gasteiger partial charge in [-0.05, 0) is 17.9 Å². The molecule has 0 bridgehead atoms. The second kappa shape index (κ2) is 9.46. The number of nitrogens with zero attached hydrogens (tertiary/aromatic N) is 3. The van der Waals surface area contributed by atoms with Crippen LogP contribution >= 0.6 is 0 Å². The van der Waals surface area contributed by atoms with Crippen LogP contribution in [0.15, 0.2) is 36.5 Å². The molecule has 2 aromatic rings. The van der Waals surface area contributed by atoms with Crippen LogP contribution in [0.5, 0.6) is 0 Å². The Morgan fingerprint density at radius 3 is 2.52 bits per heavy atom. The van der Waals surface area contributed by atoms with Crippen molar-refractivity contribution >= 4 is 17.8 Å². The summed E-state index contributed by atoms with van der Waals surface area (Å²) in [5.74, 6) is -2.12. The molecule has 1 heterocycles. The zero-order valence-electron chi connectivity index (χ0n) is 15.3. The lowest BCUT2D eigenvalue weighted by atomic mass is 10.0. The van der Waals surface area contributed by atoms with Gasteiger partial charge >= 0.3 is 5.97 Å². The van der Waals surface area contributed by atoms with Gasteiger partial charge in [-0.3, -0.25) is 9.59 Å². The van der Waals surface area contributed by atoms with Crippen molar-refractivity contribution in [2.24, 2.45) is 5.92 Å². The number of carbonyl (C=O) groups is 3. The third-order valence-electron chi connectivity index (χ3n) is 3.71. The minimum atomic E-state index is -1.10. The van der Waals surface area contributed by atoms with Crippen molar-refractivity contribution in [2.45, 2.75) is 32.9 Å². The molecule has 1 atom stereocenters. The normalized spacial score (nSPS) is 11.8. The molecule has 0 aliphatic rings. The van der Waals surface area contributed by atoms with E-state index in [1.54, 1.807) is 0 Å². The van der Waals surface area contributed by atoms with Crippen molar-refractivity contribution in [3.63, 3.8) is 0 Å². The molecule has 9 heteroatoms. The first kappa shape index (κ1) is 20.1. The molecule has 0 saturated carbocycles. The van der Waals surface area contributed by atoms with E-state index in [-0.39, 0.29) is 18.2 Å². The SMILES string of the molecule is CC(C)C[C@H](NC(=O)CNC(=O)c1cn(Cc2ccccc2)nn1)C(=O)O. The lowest BCUT2D eigenvalue weighted by molar-refractivity contribution is -0.142. The van der Waals surface area contributed by atoms with Crippen LogP contribution in [0.4, 0.5) is 0 Å². The number of aromatic nitrogens is 3. The minimum Gasteiger partial charge on any atom is -0.480 e. The highest BCUT2D eigenvalue weighted by molar-refractivity contribution is 5.95. The number of rotatable bonds is 9. The summed E-state index contributed by atoms with van der Waals surface area (Å²) >= 11 is 0. The lowest BCUT2D eigenvalue weighted by Gasteiger charge is -2.16. The van der Waals surface area contributed by atoms with E-state index >= 15 is 0 Å². The molecule has 144 valence electrons. The molecule has 0 radical (unpaired) electrons. The number of carboxylic acid groups (broad SMARTS) is 1. The van der Waals surface area contributed by atoms with Crippen LogP contribution in [-0.4, -0.2) is 50.5 Å². The summed E-state index contributed by atoms with van der Waals surface area (Å²) in [6.07, 6.45) is 1.79. The van der Waals surface area contributed by atoms with Gasteiger partial charge in [0.25, 0.3) is 5.91 Å². The molecule has 0 aliphatic carbocycles. The fourth-order valence-corrected chi connectivity index (χ4v) is 2.44. The van der Waals surface area contributed by atoms with E-state index in [9.17, 15) is 14.4 Å². The highest BCUT2D eigenvalue weighted by Crippen LogP contribution is 2.05. The van der Waals surface area contributed by atoms with Crippen molar-refractivity contribution in [2.75, 3.05) is 6.54 Å². The lowest BCUT2D eigenvalue weighted by Crippen LogP contribution is -2.46. The van der Waals surface area contributed by atoms with Gasteiger partial charge < -0.3 is 15.7 Å². The molecule has 0 unspecified atom stereocenters. The third kappa shape index (κ3) is 6.53. The van der Waals surface area contributed by atoms with E-state index in [1.165, 1.54) is 10.9 Å². The minimum absolute atomic E-state index is 0.0793. The van der Waals surface area contributed by atoms with Gasteiger partial charge in [0, 0.05) is 0 Å². The first-order valence-electron chi connectivity index (χ1n) is 8.59. The van der Waals surface area contributed by atoms with Crippen LogP contribution in [-0.2, 0) is 16.1 Å². The molecular weight excluding hydrogens is 350 g/mol. The van der Waals surface area contributed by atoms with Gasteiger partial charge in [0.1, 0.15) is 6.04 Å². The van der Waals surface area contributed by atoms with Crippen molar-refractivity contribution in [3.8, 4) is 0 Å². The molecule has 0 aliphatic heterocycles. The monoisotopic (exact) mass is 373 g/mol. The molecule has 2 amide bonds. The van der Waals surface area contributed by atoms with Crippen molar-refractivity contribution in [1.82, 2.24) is 25.6 Å². The first-order chi connectivity index (χ1) is 12.8. The Kier molecular flexibility index (Phi) is 7.04. The largest absolute Gasteiger partial charge is 0.480 e. The maximum atomic E-state index is 12.1. The van der Waals surface area contributed by atoms with Gasteiger partial charge in [0.15, 0.2) is 5.69 Å². The second-order valence-electron chi connectivity index (χ2n) is 6.56. The highest BCUT2D eigenvalue weighted by Gasteiger charge is 2.21. The van der Waals surface area contributed by atoms with Gasteiger partial charge in [-0.1, -0.05) is 49.4 Å². The summed E-state index contributed by atoms with van der Waals surface area (Å²) in [4.78, 5) is 35.1. The Morgan fingerprint density at radius 2 is 1.89 bits per heavy atom. The Morgan fingerprint density at radius 1 is 1.19 bits per heavy atom. The van der Waals surface area contributed by atoms with Crippen molar-refractivity contribution < 1.29 is 19.5 Å². The van der Waals surface area contributed by atoms with Crippen LogP contribution in [0.3, 0.4) is 0 Å². The van der Waals surface area contributed by atoms with Crippen LogP contribution in [0.1, 0.15) is 36.3 Å². The van der Waals surface area contributed by atoms with E-state index in [0.29, 0.717) is 13.0 Å². The summed E-state index contributed by atoms with van der Waals surface area (Å²) in [5, 5.41) is 21.6. The van der Waals surface area contributed by atoms with E-state index in [2.05, 4.69) is 20.9 Å². The molecule has 9 nitrogen and oxygen atoms in total. The maximum Gasteiger partial charge on any atom is 0.326 e. The molecule has 27 heavy (non-hydrogen) atoms. The third-order valence-corrected chi connectivity index (χ3v) is 3.71. The smallest absolute Gasteiger partial charge is 0.326 e. The average molecular weight is 373 g/mol. The van der Waals surface area contributed by atoms with Crippen LogP contribution < -0.4 is 10.6 Å². The molecular formula is C18H23N5O4. The molecule has 1 aromatic carbocycles. The summed E-state index contributed by atoms with van der Waals surface area (Å²) in [6, 6.07) is 8.60. The Bertz CT molecular complexity index is 788. The van der Waals surface area contributed by atoms with E-state index in [1.807, 2.05) is 44.2 Å². The van der Waals surface area contributed by atoms with Gasteiger partial charge in [-0.2, -0.15) is 0 Å². The van der Waals surface area contributed by atoms with Crippen molar-refractivity contribution in [3.05, 3.63) is 47.8 Å². The Hall–Kier alpha value is -3.23. The zero-order chi connectivity index (χ0) is 19.8. The summed E-state index contributed by atoms with van der Waals surface area (Å²) in [7, 11) is 0. The van der Waals surface area contributed by atoms with Crippen LogP contribution in [0, 0.1) is 5.92 Å².